The maximum absolute atomic E-state index is 12.2. The number of ether oxygens (including phenoxy) is 1. The summed E-state index contributed by atoms with van der Waals surface area (Å²) >= 11 is 0. The van der Waals surface area contributed by atoms with Crippen molar-refractivity contribution in [2.75, 3.05) is 6.61 Å². The number of carbonyl (C=O) groups excluding carboxylic acids is 1. The predicted molar refractivity (Wildman–Crippen MR) is 97.4 cm³/mol. The van der Waals surface area contributed by atoms with E-state index in [0.717, 1.165) is 24.3 Å². The normalized spacial score (nSPS) is 11.6. The van der Waals surface area contributed by atoms with E-state index in [1.807, 2.05) is 44.2 Å². The molecule has 2 aromatic rings. The molecule has 0 spiro atoms. The maximum Gasteiger partial charge on any atom is 0.189 e. The summed E-state index contributed by atoms with van der Waals surface area (Å²) in [6, 6.07) is 8.01. The van der Waals surface area contributed by atoms with E-state index in [1.165, 1.54) is 0 Å². The first kappa shape index (κ1) is 18.0. The lowest BCUT2D eigenvalue weighted by Gasteiger charge is -2.07. The molecule has 0 fully saturated rings. The number of ketones is 1. The molecule has 2 rings (SSSR count). The van der Waals surface area contributed by atoms with Crippen molar-refractivity contribution in [3.05, 3.63) is 53.9 Å². The zero-order valence-corrected chi connectivity index (χ0v) is 14.9. The summed E-state index contributed by atoms with van der Waals surface area (Å²) in [7, 11) is 0. The van der Waals surface area contributed by atoms with Crippen molar-refractivity contribution < 1.29 is 9.53 Å². The zero-order valence-electron chi connectivity index (χ0n) is 14.9. The van der Waals surface area contributed by atoms with Crippen LogP contribution < -0.4 is 4.74 Å². The summed E-state index contributed by atoms with van der Waals surface area (Å²) < 4.78 is 7.47. The van der Waals surface area contributed by atoms with Gasteiger partial charge in [0.15, 0.2) is 5.78 Å². The first-order valence-electron chi connectivity index (χ1n) is 8.45. The fourth-order valence-electron chi connectivity index (χ4n) is 2.10. The molecule has 24 heavy (non-hydrogen) atoms. The molecular formula is C20H26N2O2. The van der Waals surface area contributed by atoms with Gasteiger partial charge in [0.1, 0.15) is 5.75 Å². The van der Waals surface area contributed by atoms with Crippen LogP contribution in [-0.2, 0) is 0 Å². The standard InChI is InChI=1S/C20H26N2O2/c1-15(2)11-12-24-19-8-5-17(6-9-19)7-10-20(23)18-13-21-22(14-18)16(3)4/h5-10,13-16H,11-12H2,1-4H3. The Bertz CT molecular complexity index is 682. The molecule has 0 atom stereocenters. The highest BCUT2D eigenvalue weighted by Gasteiger charge is 2.07. The van der Waals surface area contributed by atoms with E-state index in [4.69, 9.17) is 4.74 Å². The molecule has 0 saturated carbocycles. The van der Waals surface area contributed by atoms with Gasteiger partial charge in [0.05, 0.1) is 18.4 Å². The summed E-state index contributed by atoms with van der Waals surface area (Å²) in [5.41, 5.74) is 1.57. The third-order valence-corrected chi connectivity index (χ3v) is 3.69. The molecule has 0 radical (unpaired) electrons. The molecule has 1 aromatic heterocycles. The largest absolute Gasteiger partial charge is 0.494 e. The molecule has 0 bridgehead atoms. The van der Waals surface area contributed by atoms with Crippen LogP contribution in [0.1, 0.15) is 56.1 Å². The van der Waals surface area contributed by atoms with E-state index in [2.05, 4.69) is 18.9 Å². The quantitative estimate of drug-likeness (QED) is 0.518. The van der Waals surface area contributed by atoms with Crippen molar-refractivity contribution in [3.8, 4) is 5.75 Å². The fraction of sp³-hybridized carbons (Fsp3) is 0.400. The Balaban J connectivity index is 1.92. The van der Waals surface area contributed by atoms with Crippen LogP contribution in [0.3, 0.4) is 0 Å². The molecule has 0 saturated heterocycles. The molecule has 1 aromatic carbocycles. The van der Waals surface area contributed by atoms with Gasteiger partial charge in [0.2, 0.25) is 0 Å². The molecule has 0 aliphatic heterocycles. The van der Waals surface area contributed by atoms with E-state index in [0.29, 0.717) is 11.5 Å². The molecular weight excluding hydrogens is 300 g/mol. The Kier molecular flexibility index (Phi) is 6.36. The molecule has 0 amide bonds. The number of benzene rings is 1. The van der Waals surface area contributed by atoms with Gasteiger partial charge in [-0.1, -0.05) is 32.1 Å². The van der Waals surface area contributed by atoms with Crippen LogP contribution in [0.25, 0.3) is 6.08 Å². The number of nitrogens with zero attached hydrogens (tertiary/aromatic N) is 2. The van der Waals surface area contributed by atoms with Gasteiger partial charge in [0.25, 0.3) is 0 Å². The van der Waals surface area contributed by atoms with Crippen LogP contribution in [0.5, 0.6) is 5.75 Å². The van der Waals surface area contributed by atoms with Gasteiger partial charge in [-0.3, -0.25) is 9.48 Å². The number of hydrogen-bond donors (Lipinski definition) is 0. The van der Waals surface area contributed by atoms with Crippen molar-refractivity contribution in [1.29, 1.82) is 0 Å². The van der Waals surface area contributed by atoms with E-state index in [1.54, 1.807) is 23.2 Å². The summed E-state index contributed by atoms with van der Waals surface area (Å²) in [6.07, 6.45) is 7.82. The van der Waals surface area contributed by atoms with Gasteiger partial charge in [-0.2, -0.15) is 5.10 Å². The molecule has 4 heteroatoms. The van der Waals surface area contributed by atoms with Crippen molar-refractivity contribution in [3.63, 3.8) is 0 Å². The van der Waals surface area contributed by atoms with Crippen LogP contribution in [0.4, 0.5) is 0 Å². The number of rotatable bonds is 8. The highest BCUT2D eigenvalue weighted by molar-refractivity contribution is 6.06. The average molecular weight is 326 g/mol. The van der Waals surface area contributed by atoms with Gasteiger partial charge in [-0.05, 0) is 50.0 Å². The van der Waals surface area contributed by atoms with Crippen LogP contribution in [0.15, 0.2) is 42.7 Å². The lowest BCUT2D eigenvalue weighted by molar-refractivity contribution is 0.104. The molecule has 128 valence electrons. The molecule has 0 aliphatic carbocycles. The number of hydrogen-bond acceptors (Lipinski definition) is 3. The number of allylic oxidation sites excluding steroid dienone is 1. The van der Waals surface area contributed by atoms with Gasteiger partial charge in [-0.25, -0.2) is 0 Å². The van der Waals surface area contributed by atoms with Gasteiger partial charge < -0.3 is 4.74 Å². The molecule has 4 nitrogen and oxygen atoms in total. The lowest BCUT2D eigenvalue weighted by Crippen LogP contribution is -2.01. The van der Waals surface area contributed by atoms with Gasteiger partial charge >= 0.3 is 0 Å². The summed E-state index contributed by atoms with van der Waals surface area (Å²) in [6.45, 7) is 9.15. The minimum Gasteiger partial charge on any atom is -0.494 e. The fourth-order valence-corrected chi connectivity index (χ4v) is 2.10. The Morgan fingerprint density at radius 2 is 1.92 bits per heavy atom. The van der Waals surface area contributed by atoms with E-state index in [-0.39, 0.29) is 11.8 Å². The summed E-state index contributed by atoms with van der Waals surface area (Å²) in [5.74, 6) is 1.45. The van der Waals surface area contributed by atoms with Crippen LogP contribution >= 0.6 is 0 Å². The molecule has 0 aliphatic rings. The first-order valence-corrected chi connectivity index (χ1v) is 8.45. The van der Waals surface area contributed by atoms with Crippen molar-refractivity contribution in [2.45, 2.75) is 40.2 Å². The zero-order chi connectivity index (χ0) is 17.5. The molecule has 0 unspecified atom stereocenters. The van der Waals surface area contributed by atoms with Gasteiger partial charge in [0, 0.05) is 12.2 Å². The smallest absolute Gasteiger partial charge is 0.189 e. The van der Waals surface area contributed by atoms with Gasteiger partial charge in [-0.15, -0.1) is 0 Å². The van der Waals surface area contributed by atoms with E-state index >= 15 is 0 Å². The van der Waals surface area contributed by atoms with E-state index in [9.17, 15) is 4.79 Å². The second kappa shape index (κ2) is 8.48. The lowest BCUT2D eigenvalue weighted by atomic mass is 10.1. The van der Waals surface area contributed by atoms with Crippen molar-refractivity contribution in [2.24, 2.45) is 5.92 Å². The van der Waals surface area contributed by atoms with Crippen molar-refractivity contribution in [1.82, 2.24) is 9.78 Å². The Labute approximate surface area is 144 Å². The average Bonchev–Trinajstić information content (AvgIpc) is 3.04. The number of carbonyl (C=O) groups is 1. The second-order valence-corrected chi connectivity index (χ2v) is 6.60. The topological polar surface area (TPSA) is 44.1 Å². The molecule has 0 N–H and O–H groups in total. The highest BCUT2D eigenvalue weighted by atomic mass is 16.5. The molecule has 1 heterocycles. The maximum atomic E-state index is 12.2. The minimum absolute atomic E-state index is 0.0424. The second-order valence-electron chi connectivity index (χ2n) is 6.60. The van der Waals surface area contributed by atoms with Crippen LogP contribution in [0, 0.1) is 5.92 Å². The first-order chi connectivity index (χ1) is 11.5. The highest BCUT2D eigenvalue weighted by Crippen LogP contribution is 2.15. The summed E-state index contributed by atoms with van der Waals surface area (Å²) in [4.78, 5) is 12.2. The van der Waals surface area contributed by atoms with Crippen LogP contribution in [-0.4, -0.2) is 22.2 Å². The minimum atomic E-state index is -0.0424. The Hall–Kier alpha value is -2.36. The third kappa shape index (κ3) is 5.37. The third-order valence-electron chi connectivity index (χ3n) is 3.69. The Morgan fingerprint density at radius 1 is 1.21 bits per heavy atom. The van der Waals surface area contributed by atoms with E-state index < -0.39 is 0 Å². The van der Waals surface area contributed by atoms with Crippen LogP contribution in [0.2, 0.25) is 0 Å². The predicted octanol–water partition coefficient (Wildman–Crippen LogP) is 4.79. The number of aromatic nitrogens is 2. The monoisotopic (exact) mass is 326 g/mol. The van der Waals surface area contributed by atoms with Crippen molar-refractivity contribution >= 4 is 11.9 Å². The Morgan fingerprint density at radius 3 is 2.50 bits per heavy atom. The SMILES string of the molecule is CC(C)CCOc1ccc(C=CC(=O)c2cnn(C(C)C)c2)cc1. The summed E-state index contributed by atoms with van der Waals surface area (Å²) in [5, 5.41) is 4.19.